The molecule has 1 atom stereocenters. The molecule has 0 aromatic rings. The molecule has 0 saturated carbocycles. The summed E-state index contributed by atoms with van der Waals surface area (Å²) >= 11 is 0. The van der Waals surface area contributed by atoms with Gasteiger partial charge in [-0.15, -0.1) is 0 Å². The molecule has 13 nitrogen and oxygen atoms in total. The number of hydrogen-bond acceptors (Lipinski definition) is 12. The summed E-state index contributed by atoms with van der Waals surface area (Å²) in [5.41, 5.74) is 0. The van der Waals surface area contributed by atoms with Gasteiger partial charge in [-0.2, -0.15) is 0 Å². The van der Waals surface area contributed by atoms with Crippen LogP contribution in [0.1, 0.15) is 122 Å². The van der Waals surface area contributed by atoms with E-state index in [2.05, 4.69) is 60.3 Å². The van der Waals surface area contributed by atoms with Crippen LogP contribution in [0, 0.1) is 0 Å². The van der Waals surface area contributed by atoms with Gasteiger partial charge in [0.1, 0.15) is 12.6 Å². The van der Waals surface area contributed by atoms with Gasteiger partial charge in [0.25, 0.3) is 0 Å². The minimum absolute atomic E-state index is 0.0270. The van der Waals surface area contributed by atoms with Crippen molar-refractivity contribution in [2.24, 2.45) is 0 Å². The molecule has 0 amide bonds. The van der Waals surface area contributed by atoms with E-state index in [9.17, 15) is 5.11 Å². The highest BCUT2D eigenvalue weighted by Crippen LogP contribution is 2.26. The summed E-state index contributed by atoms with van der Waals surface area (Å²) in [6.45, 7) is 26.0. The van der Waals surface area contributed by atoms with Gasteiger partial charge in [-0.3, -0.25) is 0 Å². The molecule has 2 N–H and O–H groups in total. The molecule has 16 heteroatoms. The maximum Gasteiger partial charge on any atom is 0.311 e. The van der Waals surface area contributed by atoms with E-state index in [1.807, 2.05) is 0 Å². The second-order valence-corrected chi connectivity index (χ2v) is 32.7. The Morgan fingerprint density at radius 1 is 0.400 bits per heavy atom. The van der Waals surface area contributed by atoms with E-state index >= 15 is 0 Å². The Kier molecular flexibility index (Phi) is 44.2. The molecule has 1 unspecified atom stereocenters. The van der Waals surface area contributed by atoms with Gasteiger partial charge in [-0.05, 0) is 77.1 Å². The van der Waals surface area contributed by atoms with E-state index in [-0.39, 0.29) is 6.61 Å². The van der Waals surface area contributed by atoms with Crippen LogP contribution in [0.15, 0.2) is 0 Å². The Morgan fingerprint density at radius 2 is 0.708 bits per heavy atom. The smallest absolute Gasteiger partial charge is 0.311 e. The number of rotatable bonds is 53. The molecule has 0 aromatic carbocycles. The van der Waals surface area contributed by atoms with Crippen molar-refractivity contribution >= 4 is 25.2 Å². The normalized spacial score (nSPS) is 13.3. The van der Waals surface area contributed by atoms with Crippen LogP contribution in [0.5, 0.6) is 0 Å². The van der Waals surface area contributed by atoms with Gasteiger partial charge in [0.05, 0.1) is 120 Å². The van der Waals surface area contributed by atoms with Crippen molar-refractivity contribution in [1.29, 1.82) is 0 Å². The number of nitrogens with zero attached hydrogens (tertiary/aromatic N) is 1. The number of aliphatic hydroxyl groups is 2. The topological polar surface area (TPSA) is 133 Å². The number of unbranched alkanes of at least 4 members (excludes halogenated alkanes) is 15. The van der Waals surface area contributed by atoms with Gasteiger partial charge in [0.2, 0.25) is 0 Å². The minimum Gasteiger partial charge on any atom is -0.437 e. The van der Waals surface area contributed by atoms with Gasteiger partial charge in [0, 0.05) is 13.2 Å². The van der Waals surface area contributed by atoms with E-state index in [1.54, 1.807) is 0 Å². The molecule has 0 saturated heterocycles. The molecule has 392 valence electrons. The third-order valence-electron chi connectivity index (χ3n) is 11.3. The minimum atomic E-state index is -2.30. The largest absolute Gasteiger partial charge is 0.437 e. The molecule has 0 aliphatic carbocycles. The van der Waals surface area contributed by atoms with Crippen molar-refractivity contribution in [2.75, 3.05) is 140 Å². The van der Waals surface area contributed by atoms with E-state index in [0.717, 1.165) is 42.5 Å². The number of ether oxygens (including phenoxy) is 8. The highest BCUT2D eigenvalue weighted by Gasteiger charge is 2.39. The zero-order valence-corrected chi connectivity index (χ0v) is 47.1. The molecule has 0 fully saturated rings. The van der Waals surface area contributed by atoms with Crippen molar-refractivity contribution in [1.82, 2.24) is 0 Å². The predicted molar refractivity (Wildman–Crippen MR) is 274 cm³/mol. The lowest BCUT2D eigenvalue weighted by atomic mass is 10.0. The van der Waals surface area contributed by atoms with Gasteiger partial charge in [-0.1, -0.05) is 96.8 Å². The fraction of sp³-hybridized carbons (Fsp3) is 1.00. The van der Waals surface area contributed by atoms with Crippen molar-refractivity contribution in [3.63, 3.8) is 0 Å². The Hall–Kier alpha value is 0.131. The molecule has 0 radical (unpaired) electrons. The molecular weight excluding hydrogens is 879 g/mol. The quantitative estimate of drug-likeness (QED) is 0.0342. The van der Waals surface area contributed by atoms with Crippen LogP contribution in [0.2, 0.25) is 51.4 Å². The van der Waals surface area contributed by atoms with Crippen molar-refractivity contribution in [3.8, 4) is 0 Å². The van der Waals surface area contributed by atoms with Crippen molar-refractivity contribution in [3.05, 3.63) is 0 Å². The molecule has 0 aliphatic rings. The lowest BCUT2D eigenvalue weighted by Crippen LogP contribution is -2.52. The van der Waals surface area contributed by atoms with Crippen LogP contribution in [-0.4, -0.2) is 185 Å². The average molecular weight is 988 g/mol. The summed E-state index contributed by atoms with van der Waals surface area (Å²) < 4.78 is 58.9. The molecular formula is C49H108NO12Si3+. The SMILES string of the molecule is CCCCCCCCCCCCCCCCCC[N+](C)(C)CC(O)COCCC[Si](C)(C)O[Si](C)(C)O[Si](C)(C)CCCOCCOCCOCCOCCOCCOCCOCCO. The molecule has 0 spiro atoms. The van der Waals surface area contributed by atoms with Crippen molar-refractivity contribution in [2.45, 2.75) is 180 Å². The average Bonchev–Trinajstić information content (AvgIpc) is 3.22. The lowest BCUT2D eigenvalue weighted by Gasteiger charge is -2.38. The summed E-state index contributed by atoms with van der Waals surface area (Å²) in [5, 5.41) is 19.4. The maximum atomic E-state index is 10.8. The predicted octanol–water partition coefficient (Wildman–Crippen LogP) is 9.74. The number of likely N-dealkylation sites (N-methyl/N-ethyl adjacent to an activating group) is 1. The van der Waals surface area contributed by atoms with Crippen LogP contribution in [0.3, 0.4) is 0 Å². The fourth-order valence-electron chi connectivity index (χ4n) is 8.16. The standard InChI is InChI=1S/C49H108NO12Si3/c1-10-11-12-13-14-15-16-17-18-19-20-21-22-23-24-25-28-50(2,3)47-49(52)48-60-31-27-46-64(6,7)62-65(8,9)61-63(4,5)45-26-30-53-33-35-55-37-39-57-41-43-59-44-42-58-40-38-56-36-34-54-32-29-51/h49,51-52H,10-48H2,1-9H3/q+1. The number of hydrogen-bond donors (Lipinski definition) is 2. The van der Waals surface area contributed by atoms with Gasteiger partial charge < -0.3 is 60.8 Å². The van der Waals surface area contributed by atoms with Crippen molar-refractivity contribution < 1.29 is 60.8 Å². The number of quaternary nitrogens is 1. The second-order valence-electron chi connectivity index (χ2n) is 20.2. The zero-order valence-electron chi connectivity index (χ0n) is 44.1. The molecule has 0 heterocycles. The Labute approximate surface area is 404 Å². The first-order valence-corrected chi connectivity index (χ1v) is 35.3. The summed E-state index contributed by atoms with van der Waals surface area (Å²) in [6.07, 6.45) is 23.7. The molecule has 65 heavy (non-hydrogen) atoms. The molecule has 0 aromatic heterocycles. The Balaban J connectivity index is 3.82. The Morgan fingerprint density at radius 3 is 1.06 bits per heavy atom. The van der Waals surface area contributed by atoms with Gasteiger partial charge >= 0.3 is 8.56 Å². The highest BCUT2D eigenvalue weighted by molar-refractivity contribution is 6.87. The van der Waals surface area contributed by atoms with E-state index in [4.69, 9.17) is 51.2 Å². The lowest BCUT2D eigenvalue weighted by molar-refractivity contribution is -0.893. The van der Waals surface area contributed by atoms with Crippen LogP contribution in [0.4, 0.5) is 0 Å². The summed E-state index contributed by atoms with van der Waals surface area (Å²) in [5.74, 6) is 0. The highest BCUT2D eigenvalue weighted by atomic mass is 28.5. The van der Waals surface area contributed by atoms with Gasteiger partial charge in [-0.25, -0.2) is 0 Å². The van der Waals surface area contributed by atoms with Crippen LogP contribution >= 0.6 is 0 Å². The third kappa shape index (κ3) is 48.9. The van der Waals surface area contributed by atoms with Crippen LogP contribution < -0.4 is 0 Å². The van der Waals surface area contributed by atoms with E-state index in [1.165, 1.54) is 103 Å². The third-order valence-corrected chi connectivity index (χ3v) is 22.7. The summed E-state index contributed by atoms with van der Waals surface area (Å²) in [4.78, 5) is 0. The monoisotopic (exact) mass is 987 g/mol. The fourth-order valence-corrected chi connectivity index (χ4v) is 22.2. The summed E-state index contributed by atoms with van der Waals surface area (Å²) in [6, 6.07) is 2.04. The van der Waals surface area contributed by atoms with Crippen LogP contribution in [0.25, 0.3) is 0 Å². The maximum absolute atomic E-state index is 10.8. The second kappa shape index (κ2) is 44.1. The molecule has 0 aliphatic heterocycles. The van der Waals surface area contributed by atoms with E-state index in [0.29, 0.717) is 106 Å². The zero-order chi connectivity index (χ0) is 48.2. The Bertz CT molecular complexity index is 1000. The molecule has 0 rings (SSSR count). The molecule has 0 bridgehead atoms. The summed E-state index contributed by atoms with van der Waals surface area (Å²) in [7, 11) is -1.67. The van der Waals surface area contributed by atoms with Crippen LogP contribution in [-0.2, 0) is 46.1 Å². The number of aliphatic hydroxyl groups excluding tert-OH is 2. The van der Waals surface area contributed by atoms with Gasteiger partial charge in [0.15, 0.2) is 16.6 Å². The first-order valence-electron chi connectivity index (χ1n) is 26.3. The first kappa shape index (κ1) is 65.1. The van der Waals surface area contributed by atoms with E-state index < -0.39 is 31.3 Å². The first-order chi connectivity index (χ1) is 31.1.